The molecule has 80 valence electrons. The molecule has 3 nitrogen and oxygen atoms in total. The van der Waals surface area contributed by atoms with Gasteiger partial charge in [0.15, 0.2) is 0 Å². The minimum absolute atomic E-state index is 0.648. The second-order valence-electron chi connectivity index (χ2n) is 3.63. The van der Waals surface area contributed by atoms with Crippen LogP contribution in [0.4, 0.5) is 11.4 Å². The van der Waals surface area contributed by atoms with E-state index in [2.05, 4.69) is 18.0 Å². The zero-order valence-electron chi connectivity index (χ0n) is 9.11. The van der Waals surface area contributed by atoms with Crippen LogP contribution >= 0.6 is 0 Å². The minimum Gasteiger partial charge on any atom is -0.399 e. The number of nitrogens with two attached hydrogens (primary N) is 1. The van der Waals surface area contributed by atoms with Crippen molar-refractivity contribution in [3.8, 4) is 6.07 Å². The maximum atomic E-state index is 8.40. The fraction of sp³-hybridized carbons (Fsp3) is 0.417. The summed E-state index contributed by atoms with van der Waals surface area (Å²) < 4.78 is 0. The van der Waals surface area contributed by atoms with Crippen molar-refractivity contribution in [2.75, 3.05) is 24.2 Å². The number of hydrogen-bond acceptors (Lipinski definition) is 3. The molecule has 15 heavy (non-hydrogen) atoms. The fourth-order valence-corrected chi connectivity index (χ4v) is 1.41. The van der Waals surface area contributed by atoms with E-state index < -0.39 is 0 Å². The quantitative estimate of drug-likeness (QED) is 0.590. The highest BCUT2D eigenvalue weighted by atomic mass is 15.1. The molecular weight excluding hydrogens is 186 g/mol. The summed E-state index contributed by atoms with van der Waals surface area (Å²) >= 11 is 0. The van der Waals surface area contributed by atoms with Crippen LogP contribution in [0.25, 0.3) is 0 Å². The molecule has 1 aromatic rings. The van der Waals surface area contributed by atoms with Crippen LogP contribution in [0.3, 0.4) is 0 Å². The molecule has 0 aromatic heterocycles. The Balaban J connectivity index is 2.37. The van der Waals surface area contributed by atoms with Gasteiger partial charge in [-0.05, 0) is 37.1 Å². The van der Waals surface area contributed by atoms with Gasteiger partial charge in [0.05, 0.1) is 6.07 Å². The van der Waals surface area contributed by atoms with Crippen LogP contribution in [0.5, 0.6) is 0 Å². The highest BCUT2D eigenvalue weighted by molar-refractivity contribution is 5.52. The third-order valence-corrected chi connectivity index (χ3v) is 2.37. The summed E-state index contributed by atoms with van der Waals surface area (Å²) in [6.45, 7) is 0.978. The first kappa shape index (κ1) is 11.4. The summed E-state index contributed by atoms with van der Waals surface area (Å²) in [6, 6.07) is 9.99. The van der Waals surface area contributed by atoms with E-state index in [1.165, 1.54) is 5.69 Å². The van der Waals surface area contributed by atoms with Gasteiger partial charge in [-0.15, -0.1) is 0 Å². The SMILES string of the molecule is CN(CCCCC#N)c1ccc(N)cc1. The Kier molecular flexibility index (Phi) is 4.49. The standard InChI is InChI=1S/C12H17N3/c1-15(10-4-2-3-9-13)12-7-5-11(14)6-8-12/h5-8H,2-4,10,14H2,1H3. The van der Waals surface area contributed by atoms with Gasteiger partial charge in [0.1, 0.15) is 0 Å². The highest BCUT2D eigenvalue weighted by Gasteiger charge is 1.99. The van der Waals surface area contributed by atoms with Gasteiger partial charge < -0.3 is 10.6 Å². The molecule has 0 fully saturated rings. The molecule has 0 bridgehead atoms. The van der Waals surface area contributed by atoms with E-state index in [0.29, 0.717) is 6.42 Å². The molecule has 0 heterocycles. The molecule has 0 saturated heterocycles. The van der Waals surface area contributed by atoms with Crippen molar-refractivity contribution in [3.63, 3.8) is 0 Å². The first-order chi connectivity index (χ1) is 7.24. The van der Waals surface area contributed by atoms with Gasteiger partial charge >= 0.3 is 0 Å². The lowest BCUT2D eigenvalue weighted by molar-refractivity contribution is 0.734. The molecule has 1 rings (SSSR count). The molecular formula is C12H17N3. The summed E-state index contributed by atoms with van der Waals surface area (Å²) in [5, 5.41) is 8.40. The number of rotatable bonds is 5. The number of nitrogens with zero attached hydrogens (tertiary/aromatic N) is 2. The van der Waals surface area contributed by atoms with Gasteiger partial charge in [-0.25, -0.2) is 0 Å². The lowest BCUT2D eigenvalue weighted by Gasteiger charge is -2.18. The molecule has 0 spiro atoms. The third kappa shape index (κ3) is 3.90. The Morgan fingerprint density at radius 1 is 1.27 bits per heavy atom. The number of benzene rings is 1. The molecule has 0 saturated carbocycles. The molecule has 0 amide bonds. The van der Waals surface area contributed by atoms with Crippen molar-refractivity contribution in [2.24, 2.45) is 0 Å². The summed E-state index contributed by atoms with van der Waals surface area (Å²) in [5.74, 6) is 0. The van der Waals surface area contributed by atoms with Crippen LogP contribution in [-0.2, 0) is 0 Å². The first-order valence-corrected chi connectivity index (χ1v) is 5.17. The normalized spacial score (nSPS) is 9.60. The van der Waals surface area contributed by atoms with Crippen LogP contribution in [0.1, 0.15) is 19.3 Å². The van der Waals surface area contributed by atoms with Gasteiger partial charge in [0.2, 0.25) is 0 Å². The monoisotopic (exact) mass is 203 g/mol. The Bertz CT molecular complexity index is 324. The Morgan fingerprint density at radius 3 is 2.53 bits per heavy atom. The van der Waals surface area contributed by atoms with E-state index in [1.54, 1.807) is 0 Å². The maximum Gasteiger partial charge on any atom is 0.0621 e. The predicted octanol–water partition coefficient (Wildman–Crippen LogP) is 2.40. The van der Waals surface area contributed by atoms with Crippen molar-refractivity contribution in [2.45, 2.75) is 19.3 Å². The Morgan fingerprint density at radius 2 is 1.93 bits per heavy atom. The van der Waals surface area contributed by atoms with Crippen LogP contribution in [0.2, 0.25) is 0 Å². The number of hydrogen-bond donors (Lipinski definition) is 1. The Hall–Kier alpha value is -1.69. The summed E-state index contributed by atoms with van der Waals surface area (Å²) in [7, 11) is 2.05. The van der Waals surface area contributed by atoms with Crippen molar-refractivity contribution >= 4 is 11.4 Å². The molecule has 0 unspecified atom stereocenters. The molecule has 0 aliphatic heterocycles. The number of nitrogen functional groups attached to an aromatic ring is 1. The number of nitriles is 1. The first-order valence-electron chi connectivity index (χ1n) is 5.17. The molecule has 0 radical (unpaired) electrons. The average molecular weight is 203 g/mol. The lowest BCUT2D eigenvalue weighted by Crippen LogP contribution is -2.18. The Labute approximate surface area is 91.1 Å². The van der Waals surface area contributed by atoms with Crippen LogP contribution < -0.4 is 10.6 Å². The minimum atomic E-state index is 0.648. The van der Waals surface area contributed by atoms with E-state index in [0.717, 1.165) is 25.1 Å². The van der Waals surface area contributed by atoms with Gasteiger partial charge in [-0.2, -0.15) is 5.26 Å². The van der Waals surface area contributed by atoms with Crippen molar-refractivity contribution < 1.29 is 0 Å². The summed E-state index contributed by atoms with van der Waals surface area (Å²) in [6.07, 6.45) is 2.67. The van der Waals surface area contributed by atoms with E-state index >= 15 is 0 Å². The maximum absolute atomic E-state index is 8.40. The zero-order chi connectivity index (χ0) is 11.1. The van der Waals surface area contributed by atoms with Crippen LogP contribution in [-0.4, -0.2) is 13.6 Å². The lowest BCUT2D eigenvalue weighted by atomic mass is 10.2. The molecule has 3 heteroatoms. The summed E-state index contributed by atoms with van der Waals surface area (Å²) in [4.78, 5) is 2.18. The van der Waals surface area contributed by atoms with Gasteiger partial charge in [0.25, 0.3) is 0 Å². The second-order valence-corrected chi connectivity index (χ2v) is 3.63. The van der Waals surface area contributed by atoms with E-state index in [1.807, 2.05) is 24.3 Å². The fourth-order valence-electron chi connectivity index (χ4n) is 1.41. The summed E-state index contributed by atoms with van der Waals surface area (Å²) in [5.41, 5.74) is 7.57. The van der Waals surface area contributed by atoms with E-state index in [9.17, 15) is 0 Å². The van der Waals surface area contributed by atoms with E-state index in [-0.39, 0.29) is 0 Å². The topological polar surface area (TPSA) is 53.0 Å². The smallest absolute Gasteiger partial charge is 0.0621 e. The molecule has 2 N–H and O–H groups in total. The molecule has 0 aliphatic rings. The number of anilines is 2. The largest absolute Gasteiger partial charge is 0.399 e. The second kappa shape index (κ2) is 5.92. The van der Waals surface area contributed by atoms with Crippen LogP contribution in [0, 0.1) is 11.3 Å². The van der Waals surface area contributed by atoms with Crippen molar-refractivity contribution in [3.05, 3.63) is 24.3 Å². The van der Waals surface area contributed by atoms with Crippen molar-refractivity contribution in [1.29, 1.82) is 5.26 Å². The van der Waals surface area contributed by atoms with E-state index in [4.69, 9.17) is 11.0 Å². The van der Waals surface area contributed by atoms with Gasteiger partial charge in [-0.1, -0.05) is 0 Å². The molecule has 0 atom stereocenters. The zero-order valence-corrected chi connectivity index (χ0v) is 9.11. The molecule has 0 aliphatic carbocycles. The average Bonchev–Trinajstić information content (AvgIpc) is 2.25. The van der Waals surface area contributed by atoms with Gasteiger partial charge in [-0.3, -0.25) is 0 Å². The van der Waals surface area contributed by atoms with Gasteiger partial charge in [0, 0.05) is 31.4 Å². The molecule has 1 aromatic carbocycles. The van der Waals surface area contributed by atoms with Crippen molar-refractivity contribution in [1.82, 2.24) is 0 Å². The predicted molar refractivity (Wildman–Crippen MR) is 63.6 cm³/mol. The highest BCUT2D eigenvalue weighted by Crippen LogP contribution is 2.15. The van der Waals surface area contributed by atoms with Crippen LogP contribution in [0.15, 0.2) is 24.3 Å². The third-order valence-electron chi connectivity index (χ3n) is 2.37. The number of unbranched alkanes of at least 4 members (excludes halogenated alkanes) is 2.